The van der Waals surface area contributed by atoms with E-state index in [0.717, 1.165) is 10.4 Å². The lowest BCUT2D eigenvalue weighted by atomic mass is 10.3. The summed E-state index contributed by atoms with van der Waals surface area (Å²) in [6, 6.07) is 3.89. The lowest BCUT2D eigenvalue weighted by molar-refractivity contribution is 0.478. The van der Waals surface area contributed by atoms with Crippen molar-refractivity contribution < 1.29 is 12.8 Å². The van der Waals surface area contributed by atoms with Crippen molar-refractivity contribution in [3.63, 3.8) is 0 Å². The minimum Gasteiger partial charge on any atom is -0.207 e. The van der Waals surface area contributed by atoms with E-state index in [0.29, 0.717) is 11.0 Å². The molecule has 6 heteroatoms. The largest absolute Gasteiger partial charge is 0.245 e. The Morgan fingerprint density at radius 3 is 2.53 bits per heavy atom. The smallest absolute Gasteiger partial charge is 0.207 e. The summed E-state index contributed by atoms with van der Waals surface area (Å²) in [6.45, 7) is 1.99. The average molecular weight is 296 g/mol. The third-order valence-corrected chi connectivity index (χ3v) is 4.49. The first-order valence-electron chi connectivity index (χ1n) is 4.31. The molecule has 0 heterocycles. The standard InChI is InChI=1S/C9H11BrFNO2S/c1-3-12(2)15(13,14)9-5-4-7(10)6-8(9)11/h4-6H,3H2,1-2H3. The monoisotopic (exact) mass is 295 g/mol. The van der Waals surface area contributed by atoms with Crippen LogP contribution in [0.3, 0.4) is 0 Å². The molecule has 0 saturated carbocycles. The highest BCUT2D eigenvalue weighted by Crippen LogP contribution is 2.21. The first kappa shape index (κ1) is 12.6. The van der Waals surface area contributed by atoms with Crippen molar-refractivity contribution in [1.29, 1.82) is 0 Å². The van der Waals surface area contributed by atoms with Gasteiger partial charge in [-0.1, -0.05) is 22.9 Å². The van der Waals surface area contributed by atoms with Gasteiger partial charge in [0.15, 0.2) is 0 Å². The molecule has 0 aliphatic heterocycles. The number of sulfonamides is 1. The maximum atomic E-state index is 13.4. The van der Waals surface area contributed by atoms with Crippen molar-refractivity contribution in [3.05, 3.63) is 28.5 Å². The molecule has 0 radical (unpaired) electrons. The molecule has 0 unspecified atom stereocenters. The van der Waals surface area contributed by atoms with Crippen LogP contribution in [0, 0.1) is 5.82 Å². The van der Waals surface area contributed by atoms with Crippen molar-refractivity contribution in [2.24, 2.45) is 0 Å². The van der Waals surface area contributed by atoms with E-state index in [9.17, 15) is 12.8 Å². The van der Waals surface area contributed by atoms with Crippen LogP contribution in [0.4, 0.5) is 4.39 Å². The summed E-state index contributed by atoms with van der Waals surface area (Å²) in [5.41, 5.74) is 0. The van der Waals surface area contributed by atoms with Crippen LogP contribution < -0.4 is 0 Å². The normalized spacial score (nSPS) is 12.1. The first-order chi connectivity index (χ1) is 6.89. The molecule has 15 heavy (non-hydrogen) atoms. The Bertz CT molecular complexity index is 461. The van der Waals surface area contributed by atoms with Gasteiger partial charge in [-0.2, -0.15) is 0 Å². The van der Waals surface area contributed by atoms with Crippen LogP contribution in [0.5, 0.6) is 0 Å². The molecule has 0 atom stereocenters. The molecule has 84 valence electrons. The highest BCUT2D eigenvalue weighted by molar-refractivity contribution is 9.10. The minimum atomic E-state index is -3.70. The minimum absolute atomic E-state index is 0.296. The molecule has 0 bridgehead atoms. The van der Waals surface area contributed by atoms with Gasteiger partial charge in [0.1, 0.15) is 10.7 Å². The summed E-state index contributed by atoms with van der Waals surface area (Å²) in [5.74, 6) is -0.746. The predicted molar refractivity (Wildman–Crippen MR) is 59.6 cm³/mol. The van der Waals surface area contributed by atoms with E-state index >= 15 is 0 Å². The number of halogens is 2. The van der Waals surface area contributed by atoms with Crippen LogP contribution in [-0.2, 0) is 10.0 Å². The second-order valence-electron chi connectivity index (χ2n) is 2.99. The van der Waals surface area contributed by atoms with E-state index < -0.39 is 15.8 Å². The highest BCUT2D eigenvalue weighted by Gasteiger charge is 2.22. The fourth-order valence-corrected chi connectivity index (χ4v) is 2.58. The van der Waals surface area contributed by atoms with Crippen molar-refractivity contribution >= 4 is 26.0 Å². The van der Waals surface area contributed by atoms with E-state index in [-0.39, 0.29) is 4.90 Å². The Morgan fingerprint density at radius 2 is 2.07 bits per heavy atom. The van der Waals surface area contributed by atoms with Crippen LogP contribution in [0.15, 0.2) is 27.6 Å². The average Bonchev–Trinajstić information content (AvgIpc) is 2.15. The second kappa shape index (κ2) is 4.59. The van der Waals surface area contributed by atoms with Crippen LogP contribution >= 0.6 is 15.9 Å². The van der Waals surface area contributed by atoms with Gasteiger partial charge in [0, 0.05) is 18.1 Å². The van der Waals surface area contributed by atoms with Gasteiger partial charge in [-0.25, -0.2) is 17.1 Å². The molecule has 1 rings (SSSR count). The van der Waals surface area contributed by atoms with E-state index in [1.807, 2.05) is 0 Å². The van der Waals surface area contributed by atoms with E-state index in [2.05, 4.69) is 15.9 Å². The van der Waals surface area contributed by atoms with Crippen LogP contribution in [0.1, 0.15) is 6.92 Å². The Kier molecular flexibility index (Phi) is 3.86. The number of hydrogen-bond acceptors (Lipinski definition) is 2. The summed E-state index contributed by atoms with van der Waals surface area (Å²) in [7, 11) is -2.29. The molecule has 1 aromatic rings. The number of benzene rings is 1. The fraction of sp³-hybridized carbons (Fsp3) is 0.333. The molecule has 0 aromatic heterocycles. The lowest BCUT2D eigenvalue weighted by Gasteiger charge is -2.15. The molecule has 0 saturated heterocycles. The van der Waals surface area contributed by atoms with Crippen molar-refractivity contribution in [3.8, 4) is 0 Å². The third-order valence-electron chi connectivity index (χ3n) is 2.03. The zero-order chi connectivity index (χ0) is 11.6. The second-order valence-corrected chi connectivity index (χ2v) is 5.92. The molecule has 0 aliphatic rings. The molecule has 0 N–H and O–H groups in total. The summed E-state index contributed by atoms with van der Waals surface area (Å²) in [5, 5.41) is 0. The third kappa shape index (κ3) is 2.56. The maximum Gasteiger partial charge on any atom is 0.245 e. The quantitative estimate of drug-likeness (QED) is 0.857. The topological polar surface area (TPSA) is 37.4 Å². The Balaban J connectivity index is 3.28. The van der Waals surface area contributed by atoms with Gasteiger partial charge >= 0.3 is 0 Å². The molecule has 0 spiro atoms. The fourth-order valence-electron chi connectivity index (χ4n) is 1.02. The highest BCUT2D eigenvalue weighted by atomic mass is 79.9. The molecule has 0 amide bonds. The van der Waals surface area contributed by atoms with Crippen molar-refractivity contribution in [1.82, 2.24) is 4.31 Å². The Labute approximate surface area is 97.1 Å². The van der Waals surface area contributed by atoms with Crippen molar-refractivity contribution in [2.45, 2.75) is 11.8 Å². The molecular formula is C9H11BrFNO2S. The van der Waals surface area contributed by atoms with Gasteiger partial charge in [-0.3, -0.25) is 0 Å². The molecular weight excluding hydrogens is 285 g/mol. The molecule has 3 nitrogen and oxygen atoms in total. The first-order valence-corrected chi connectivity index (χ1v) is 6.54. The van der Waals surface area contributed by atoms with Gasteiger partial charge in [0.25, 0.3) is 0 Å². The van der Waals surface area contributed by atoms with Crippen molar-refractivity contribution in [2.75, 3.05) is 13.6 Å². The summed E-state index contributed by atoms with van der Waals surface area (Å²) < 4.78 is 38.5. The van der Waals surface area contributed by atoms with Crippen LogP contribution in [-0.4, -0.2) is 26.3 Å². The predicted octanol–water partition coefficient (Wildman–Crippen LogP) is 2.23. The SMILES string of the molecule is CCN(C)S(=O)(=O)c1ccc(Br)cc1F. The number of rotatable bonds is 3. The summed E-state index contributed by atoms with van der Waals surface area (Å²) in [6.07, 6.45) is 0. The van der Waals surface area contributed by atoms with Gasteiger partial charge in [-0.05, 0) is 18.2 Å². The summed E-state index contributed by atoms with van der Waals surface area (Å²) in [4.78, 5) is -0.296. The molecule has 0 aliphatic carbocycles. The Morgan fingerprint density at radius 1 is 1.47 bits per heavy atom. The van der Waals surface area contributed by atoms with Gasteiger partial charge in [0.2, 0.25) is 10.0 Å². The van der Waals surface area contributed by atoms with E-state index in [4.69, 9.17) is 0 Å². The van der Waals surface area contributed by atoms with E-state index in [1.165, 1.54) is 19.2 Å². The zero-order valence-electron chi connectivity index (χ0n) is 8.37. The molecule has 0 fully saturated rings. The zero-order valence-corrected chi connectivity index (χ0v) is 10.8. The maximum absolute atomic E-state index is 13.4. The van der Waals surface area contributed by atoms with E-state index in [1.54, 1.807) is 6.92 Å². The van der Waals surface area contributed by atoms with Gasteiger partial charge in [0.05, 0.1) is 0 Å². The van der Waals surface area contributed by atoms with Crippen LogP contribution in [0.25, 0.3) is 0 Å². The lowest BCUT2D eigenvalue weighted by Crippen LogP contribution is -2.27. The van der Waals surface area contributed by atoms with Gasteiger partial charge < -0.3 is 0 Å². The Hall–Kier alpha value is -0.460. The number of hydrogen-bond donors (Lipinski definition) is 0. The van der Waals surface area contributed by atoms with Crippen LogP contribution in [0.2, 0.25) is 0 Å². The summed E-state index contributed by atoms with van der Waals surface area (Å²) >= 11 is 3.07. The van der Waals surface area contributed by atoms with Gasteiger partial charge in [-0.15, -0.1) is 0 Å². The molecule has 1 aromatic carbocycles. The number of nitrogens with zero attached hydrogens (tertiary/aromatic N) is 1.